The molecule has 0 unspecified atom stereocenters. The van der Waals surface area contributed by atoms with Gasteiger partial charge < -0.3 is 13.3 Å². The fourth-order valence-corrected chi connectivity index (χ4v) is 9.34. The molecule has 9 aromatic carbocycles. The SMILES string of the molecule is c1ccc2c(c1)oc1cc(-c3c4ccccc4c(-c4ccc5c6c4oc4ccc7ccc8oc9cccc-5c9c8c7c46)c4ccccc34)ccc12. The largest absolute Gasteiger partial charge is 0.456 e. The lowest BCUT2D eigenvalue weighted by Crippen LogP contribution is -1.91. The van der Waals surface area contributed by atoms with E-state index in [1.807, 2.05) is 12.1 Å². The highest BCUT2D eigenvalue weighted by atomic mass is 16.3. The third kappa shape index (κ3) is 3.16. The lowest BCUT2D eigenvalue weighted by Gasteiger charge is -2.18. The van der Waals surface area contributed by atoms with Crippen LogP contribution in [0.15, 0.2) is 159 Å². The molecule has 1 aliphatic carbocycles. The van der Waals surface area contributed by atoms with E-state index in [9.17, 15) is 0 Å². The zero-order chi connectivity index (χ0) is 32.9. The van der Waals surface area contributed by atoms with Crippen LogP contribution in [0.5, 0.6) is 0 Å². The second-order valence-corrected chi connectivity index (χ2v) is 13.9. The highest BCUT2D eigenvalue weighted by Gasteiger charge is 2.28. The Balaban J connectivity index is 1.17. The van der Waals surface area contributed by atoms with E-state index in [0.717, 1.165) is 66.2 Å². The molecule has 13 rings (SSSR count). The molecule has 0 N–H and O–H groups in total. The summed E-state index contributed by atoms with van der Waals surface area (Å²) in [5, 5.41) is 14.1. The molecule has 3 aromatic heterocycles. The Kier molecular flexibility index (Phi) is 4.62. The molecular weight excluding hydrogens is 625 g/mol. The number of hydrogen-bond acceptors (Lipinski definition) is 3. The predicted molar refractivity (Wildman–Crippen MR) is 211 cm³/mol. The van der Waals surface area contributed by atoms with Crippen molar-refractivity contribution in [2.24, 2.45) is 0 Å². The van der Waals surface area contributed by atoms with Crippen molar-refractivity contribution in [3.63, 3.8) is 0 Å². The smallest absolute Gasteiger partial charge is 0.143 e. The van der Waals surface area contributed by atoms with Gasteiger partial charge in [0.25, 0.3) is 0 Å². The first-order chi connectivity index (χ1) is 25.3. The minimum atomic E-state index is 0.894. The summed E-state index contributed by atoms with van der Waals surface area (Å²) in [6.45, 7) is 0. The normalized spacial score (nSPS) is 12.7. The molecule has 0 saturated heterocycles. The van der Waals surface area contributed by atoms with Gasteiger partial charge in [0.05, 0.1) is 0 Å². The minimum Gasteiger partial charge on any atom is -0.456 e. The van der Waals surface area contributed by atoms with E-state index >= 15 is 0 Å². The number of para-hydroxylation sites is 1. The van der Waals surface area contributed by atoms with Crippen molar-refractivity contribution in [2.45, 2.75) is 0 Å². The zero-order valence-electron chi connectivity index (χ0n) is 27.1. The van der Waals surface area contributed by atoms with E-state index in [4.69, 9.17) is 13.3 Å². The summed E-state index contributed by atoms with van der Waals surface area (Å²) in [7, 11) is 0. The number of hydrogen-bond donors (Lipinski definition) is 0. The summed E-state index contributed by atoms with van der Waals surface area (Å²) in [4.78, 5) is 0. The third-order valence-corrected chi connectivity index (χ3v) is 11.4. The van der Waals surface area contributed by atoms with Crippen LogP contribution in [0.1, 0.15) is 0 Å². The topological polar surface area (TPSA) is 39.4 Å². The van der Waals surface area contributed by atoms with Crippen molar-refractivity contribution in [3.05, 3.63) is 146 Å². The lowest BCUT2D eigenvalue weighted by atomic mass is 9.84. The van der Waals surface area contributed by atoms with Gasteiger partial charge in [0.1, 0.15) is 33.5 Å². The molecule has 0 bridgehead atoms. The molecule has 51 heavy (non-hydrogen) atoms. The second-order valence-electron chi connectivity index (χ2n) is 13.9. The highest BCUT2D eigenvalue weighted by molar-refractivity contribution is 6.38. The molecule has 0 atom stereocenters. The van der Waals surface area contributed by atoms with E-state index in [-0.39, 0.29) is 0 Å². The number of rotatable bonds is 2. The van der Waals surface area contributed by atoms with Gasteiger partial charge in [-0.2, -0.15) is 0 Å². The minimum absolute atomic E-state index is 0.894. The van der Waals surface area contributed by atoms with Crippen LogP contribution in [-0.2, 0) is 0 Å². The standard InChI is InChI=1S/C48H24O3/c1-3-11-31-29(9-1)41(26-16-19-28-27-8-5-6-14-36(27)49-40(28)24-26)30-10-2-4-12-32(30)43(31)35-21-20-34-33-13-7-15-37-44(33)46-38(50-37)22-17-25-18-23-39-47(42(25)46)45(34)48(35)51-39/h1-24H. The van der Waals surface area contributed by atoms with Crippen LogP contribution in [0.2, 0.25) is 0 Å². The number of benzene rings is 9. The molecule has 234 valence electrons. The first kappa shape index (κ1) is 26.1. The summed E-state index contributed by atoms with van der Waals surface area (Å²) in [5.41, 5.74) is 12.4. The van der Waals surface area contributed by atoms with Crippen molar-refractivity contribution in [3.8, 4) is 33.4 Å². The Morgan fingerprint density at radius 2 is 0.863 bits per heavy atom. The van der Waals surface area contributed by atoms with E-state index < -0.39 is 0 Å². The van der Waals surface area contributed by atoms with E-state index in [1.54, 1.807) is 0 Å². The van der Waals surface area contributed by atoms with Crippen LogP contribution in [0.4, 0.5) is 0 Å². The van der Waals surface area contributed by atoms with Crippen LogP contribution < -0.4 is 0 Å². The molecular formula is C48H24O3. The average Bonchev–Trinajstić information content (AvgIpc) is 3.85. The summed E-state index contributed by atoms with van der Waals surface area (Å²) in [5.74, 6) is 0. The molecule has 0 radical (unpaired) electrons. The molecule has 3 heteroatoms. The van der Waals surface area contributed by atoms with Crippen LogP contribution in [-0.4, -0.2) is 0 Å². The van der Waals surface area contributed by atoms with Gasteiger partial charge in [0.15, 0.2) is 0 Å². The van der Waals surface area contributed by atoms with Gasteiger partial charge in [0, 0.05) is 48.8 Å². The molecule has 3 heterocycles. The fraction of sp³-hybridized carbons (Fsp3) is 0. The number of fused-ring (bicyclic) bond motifs is 6. The lowest BCUT2D eigenvalue weighted by molar-refractivity contribution is 0.668. The summed E-state index contributed by atoms with van der Waals surface area (Å²) >= 11 is 0. The van der Waals surface area contributed by atoms with Crippen molar-refractivity contribution in [1.82, 2.24) is 0 Å². The summed E-state index contributed by atoms with van der Waals surface area (Å²) in [6, 6.07) is 52.2. The van der Waals surface area contributed by atoms with Crippen LogP contribution in [0.25, 0.3) is 132 Å². The maximum absolute atomic E-state index is 7.02. The Hall–Kier alpha value is -6.84. The molecule has 3 nitrogen and oxygen atoms in total. The third-order valence-electron chi connectivity index (χ3n) is 11.4. The Morgan fingerprint density at radius 3 is 1.65 bits per heavy atom. The quantitative estimate of drug-likeness (QED) is 0.175. The zero-order valence-corrected chi connectivity index (χ0v) is 27.1. The van der Waals surface area contributed by atoms with Crippen LogP contribution >= 0.6 is 0 Å². The van der Waals surface area contributed by atoms with E-state index in [2.05, 4.69) is 133 Å². The monoisotopic (exact) mass is 648 g/mol. The van der Waals surface area contributed by atoms with Gasteiger partial charge in [-0.25, -0.2) is 0 Å². The molecule has 0 saturated carbocycles. The van der Waals surface area contributed by atoms with Crippen LogP contribution in [0.3, 0.4) is 0 Å². The van der Waals surface area contributed by atoms with Crippen LogP contribution in [0, 0.1) is 0 Å². The molecule has 12 aromatic rings. The molecule has 0 aliphatic heterocycles. The fourth-order valence-electron chi connectivity index (χ4n) is 9.34. The van der Waals surface area contributed by atoms with Gasteiger partial charge in [0.2, 0.25) is 0 Å². The first-order valence-electron chi connectivity index (χ1n) is 17.4. The van der Waals surface area contributed by atoms with E-state index in [1.165, 1.54) is 65.3 Å². The molecule has 0 spiro atoms. The van der Waals surface area contributed by atoms with Gasteiger partial charge in [-0.15, -0.1) is 0 Å². The number of furan rings is 3. The van der Waals surface area contributed by atoms with Gasteiger partial charge in [-0.3, -0.25) is 0 Å². The Morgan fingerprint density at radius 1 is 0.294 bits per heavy atom. The van der Waals surface area contributed by atoms with Gasteiger partial charge in [-0.05, 0) is 91.6 Å². The summed E-state index contributed by atoms with van der Waals surface area (Å²) < 4.78 is 19.8. The maximum Gasteiger partial charge on any atom is 0.143 e. The van der Waals surface area contributed by atoms with Crippen molar-refractivity contribution in [2.75, 3.05) is 0 Å². The molecule has 0 fully saturated rings. The first-order valence-corrected chi connectivity index (χ1v) is 17.4. The maximum atomic E-state index is 7.02. The van der Waals surface area contributed by atoms with Gasteiger partial charge in [-0.1, -0.05) is 103 Å². The van der Waals surface area contributed by atoms with Crippen molar-refractivity contribution in [1.29, 1.82) is 0 Å². The predicted octanol–water partition coefficient (Wildman–Crippen LogP) is 14.2. The second kappa shape index (κ2) is 9.03. The van der Waals surface area contributed by atoms with E-state index in [0.29, 0.717) is 0 Å². The average molecular weight is 649 g/mol. The highest BCUT2D eigenvalue weighted by Crippen LogP contribution is 2.53. The molecule has 0 amide bonds. The van der Waals surface area contributed by atoms with Crippen molar-refractivity contribution < 1.29 is 13.3 Å². The Labute approximate surface area is 289 Å². The van der Waals surface area contributed by atoms with Crippen molar-refractivity contribution >= 4 is 98.1 Å². The molecule has 1 aliphatic rings. The Bertz CT molecular complexity index is 3480. The van der Waals surface area contributed by atoms with Gasteiger partial charge >= 0.3 is 0 Å². The summed E-state index contributed by atoms with van der Waals surface area (Å²) in [6.07, 6.45) is 0.